The highest BCUT2D eigenvalue weighted by atomic mass is 16.1. The fourth-order valence-electron chi connectivity index (χ4n) is 1.86. The molecule has 0 aromatic heterocycles. The highest BCUT2D eigenvalue weighted by Crippen LogP contribution is 2.20. The second-order valence-electron chi connectivity index (χ2n) is 4.86. The van der Waals surface area contributed by atoms with Gasteiger partial charge in [0.15, 0.2) is 0 Å². The van der Waals surface area contributed by atoms with Crippen LogP contribution in [0.2, 0.25) is 0 Å². The van der Waals surface area contributed by atoms with Gasteiger partial charge < -0.3 is 11.1 Å². The summed E-state index contributed by atoms with van der Waals surface area (Å²) in [5, 5.41) is 3.03. The number of rotatable bonds is 6. The number of hydrogen-bond donors (Lipinski definition) is 2. The van der Waals surface area contributed by atoms with E-state index >= 15 is 0 Å². The molecule has 3 heteroatoms. The van der Waals surface area contributed by atoms with Gasteiger partial charge in [-0.3, -0.25) is 4.79 Å². The van der Waals surface area contributed by atoms with Crippen molar-refractivity contribution in [2.45, 2.75) is 45.6 Å². The molecule has 0 aliphatic rings. The maximum Gasteiger partial charge on any atom is 0.227 e. The van der Waals surface area contributed by atoms with Crippen molar-refractivity contribution in [3.05, 3.63) is 35.4 Å². The van der Waals surface area contributed by atoms with Gasteiger partial charge in [-0.2, -0.15) is 0 Å². The second-order valence-corrected chi connectivity index (χ2v) is 4.86. The van der Waals surface area contributed by atoms with Crippen molar-refractivity contribution in [3.63, 3.8) is 0 Å². The van der Waals surface area contributed by atoms with Gasteiger partial charge >= 0.3 is 0 Å². The number of amides is 1. The van der Waals surface area contributed by atoms with Crippen LogP contribution in [0.4, 0.5) is 0 Å². The van der Waals surface area contributed by atoms with E-state index in [9.17, 15) is 4.79 Å². The summed E-state index contributed by atoms with van der Waals surface area (Å²) in [5.74, 6) is -0.0525. The Morgan fingerprint density at radius 1 is 1.33 bits per heavy atom. The van der Waals surface area contributed by atoms with Crippen LogP contribution in [-0.2, 0) is 4.79 Å². The van der Waals surface area contributed by atoms with Gasteiger partial charge in [0.05, 0.1) is 5.92 Å². The van der Waals surface area contributed by atoms with Gasteiger partial charge in [0.1, 0.15) is 0 Å². The van der Waals surface area contributed by atoms with Crippen LogP contribution in [0.25, 0.3) is 0 Å². The van der Waals surface area contributed by atoms with E-state index in [-0.39, 0.29) is 17.9 Å². The Kier molecular flexibility index (Phi) is 5.86. The molecule has 3 nitrogen and oxygen atoms in total. The Morgan fingerprint density at radius 2 is 1.94 bits per heavy atom. The fraction of sp³-hybridized carbons (Fsp3) is 0.533. The maximum absolute atomic E-state index is 12.2. The monoisotopic (exact) mass is 248 g/mol. The van der Waals surface area contributed by atoms with Crippen LogP contribution in [0.1, 0.15) is 43.7 Å². The molecule has 1 aromatic carbocycles. The number of carbonyl (C=O) groups is 1. The van der Waals surface area contributed by atoms with E-state index in [4.69, 9.17) is 5.73 Å². The third kappa shape index (κ3) is 4.15. The van der Waals surface area contributed by atoms with Crippen LogP contribution in [0.3, 0.4) is 0 Å². The lowest BCUT2D eigenvalue weighted by molar-refractivity contribution is -0.123. The minimum absolute atomic E-state index is 0.0821. The Balaban J connectivity index is 2.81. The van der Waals surface area contributed by atoms with Crippen molar-refractivity contribution in [1.82, 2.24) is 5.32 Å². The van der Waals surface area contributed by atoms with E-state index in [2.05, 4.69) is 12.2 Å². The highest BCUT2D eigenvalue weighted by Gasteiger charge is 2.20. The van der Waals surface area contributed by atoms with E-state index in [1.165, 1.54) is 5.56 Å². The quantitative estimate of drug-likeness (QED) is 0.812. The highest BCUT2D eigenvalue weighted by molar-refractivity contribution is 5.83. The van der Waals surface area contributed by atoms with Crippen LogP contribution in [0.15, 0.2) is 24.3 Å². The molecule has 0 heterocycles. The molecule has 100 valence electrons. The summed E-state index contributed by atoms with van der Waals surface area (Å²) < 4.78 is 0. The van der Waals surface area contributed by atoms with Crippen molar-refractivity contribution in [2.24, 2.45) is 5.73 Å². The lowest BCUT2D eigenvalue weighted by atomic mass is 9.93. The molecule has 0 spiro atoms. The van der Waals surface area contributed by atoms with Crippen molar-refractivity contribution in [1.29, 1.82) is 0 Å². The molecule has 0 aliphatic carbocycles. The van der Waals surface area contributed by atoms with Crippen LogP contribution < -0.4 is 11.1 Å². The van der Waals surface area contributed by atoms with E-state index in [0.717, 1.165) is 12.0 Å². The molecule has 3 N–H and O–H groups in total. The van der Waals surface area contributed by atoms with Gasteiger partial charge in [0, 0.05) is 6.04 Å². The second kappa shape index (κ2) is 7.17. The third-order valence-corrected chi connectivity index (χ3v) is 3.25. The van der Waals surface area contributed by atoms with Gasteiger partial charge in [-0.25, -0.2) is 0 Å². The van der Waals surface area contributed by atoms with E-state index in [0.29, 0.717) is 13.0 Å². The lowest BCUT2D eigenvalue weighted by Crippen LogP contribution is -2.36. The maximum atomic E-state index is 12.2. The largest absolute Gasteiger partial charge is 0.353 e. The molecule has 0 saturated carbocycles. The molecular weight excluding hydrogens is 224 g/mol. The number of benzene rings is 1. The third-order valence-electron chi connectivity index (χ3n) is 3.25. The number of nitrogens with two attached hydrogens (primary N) is 1. The molecule has 2 unspecified atom stereocenters. The lowest BCUT2D eigenvalue weighted by Gasteiger charge is -2.19. The molecule has 0 fully saturated rings. The normalized spacial score (nSPS) is 14.0. The zero-order valence-electron chi connectivity index (χ0n) is 11.6. The minimum Gasteiger partial charge on any atom is -0.353 e. The molecule has 1 amide bonds. The molecule has 0 aliphatic heterocycles. The fourth-order valence-corrected chi connectivity index (χ4v) is 1.86. The van der Waals surface area contributed by atoms with Crippen LogP contribution in [0.5, 0.6) is 0 Å². The topological polar surface area (TPSA) is 55.1 Å². The Morgan fingerprint density at radius 3 is 2.44 bits per heavy atom. The predicted octanol–water partition coefficient (Wildman–Crippen LogP) is 2.34. The van der Waals surface area contributed by atoms with Gasteiger partial charge in [0.25, 0.3) is 0 Å². The number of nitrogens with one attached hydrogen (secondary N) is 1. The van der Waals surface area contributed by atoms with Crippen molar-refractivity contribution < 1.29 is 4.79 Å². The number of aryl methyl sites for hydroxylation is 1. The average molecular weight is 248 g/mol. The first-order valence-electron chi connectivity index (χ1n) is 6.65. The molecule has 0 saturated heterocycles. The zero-order valence-corrected chi connectivity index (χ0v) is 11.6. The Hall–Kier alpha value is -1.35. The summed E-state index contributed by atoms with van der Waals surface area (Å²) in [4.78, 5) is 12.2. The van der Waals surface area contributed by atoms with Crippen LogP contribution in [0, 0.1) is 6.92 Å². The first-order valence-corrected chi connectivity index (χ1v) is 6.65. The Bertz CT molecular complexity index is 373. The van der Waals surface area contributed by atoms with Crippen molar-refractivity contribution in [2.75, 3.05) is 6.54 Å². The summed E-state index contributed by atoms with van der Waals surface area (Å²) >= 11 is 0. The first kappa shape index (κ1) is 14.7. The molecule has 1 aromatic rings. The van der Waals surface area contributed by atoms with Gasteiger partial charge in [-0.15, -0.1) is 0 Å². The van der Waals surface area contributed by atoms with Gasteiger partial charge in [0.2, 0.25) is 5.91 Å². The molecule has 1 rings (SSSR count). The smallest absolute Gasteiger partial charge is 0.227 e. The summed E-state index contributed by atoms with van der Waals surface area (Å²) in [6.07, 6.45) is 1.63. The number of carbonyl (C=O) groups excluding carboxylic acids is 1. The summed E-state index contributed by atoms with van der Waals surface area (Å²) in [6.45, 7) is 6.65. The summed E-state index contributed by atoms with van der Waals surface area (Å²) in [6, 6.07) is 8.32. The minimum atomic E-state index is -0.135. The van der Waals surface area contributed by atoms with Crippen molar-refractivity contribution in [3.8, 4) is 0 Å². The molecular formula is C15H24N2O. The molecule has 0 radical (unpaired) electrons. The van der Waals surface area contributed by atoms with Gasteiger partial charge in [-0.1, -0.05) is 36.8 Å². The SMILES string of the molecule is CCC(C)NC(=O)C(CCN)c1ccc(C)cc1. The predicted molar refractivity (Wildman–Crippen MR) is 75.5 cm³/mol. The average Bonchev–Trinajstić information content (AvgIpc) is 2.37. The van der Waals surface area contributed by atoms with E-state index in [1.54, 1.807) is 0 Å². The standard InChI is InChI=1S/C15H24N2O/c1-4-12(3)17-15(18)14(9-10-16)13-7-5-11(2)6-8-13/h5-8,12,14H,4,9-10,16H2,1-3H3,(H,17,18). The number of hydrogen-bond acceptors (Lipinski definition) is 2. The Labute approximate surface area is 110 Å². The van der Waals surface area contributed by atoms with Crippen LogP contribution >= 0.6 is 0 Å². The van der Waals surface area contributed by atoms with Crippen LogP contribution in [-0.4, -0.2) is 18.5 Å². The summed E-state index contributed by atoms with van der Waals surface area (Å²) in [7, 11) is 0. The van der Waals surface area contributed by atoms with Gasteiger partial charge in [-0.05, 0) is 38.8 Å². The zero-order chi connectivity index (χ0) is 13.5. The molecule has 0 bridgehead atoms. The van der Waals surface area contributed by atoms with E-state index < -0.39 is 0 Å². The molecule has 2 atom stereocenters. The van der Waals surface area contributed by atoms with Crippen molar-refractivity contribution >= 4 is 5.91 Å². The molecule has 18 heavy (non-hydrogen) atoms. The summed E-state index contributed by atoms with van der Waals surface area (Å²) in [5.41, 5.74) is 7.87. The first-order chi connectivity index (χ1) is 8.58. The van der Waals surface area contributed by atoms with E-state index in [1.807, 2.05) is 38.1 Å².